The maximum absolute atomic E-state index is 12.4. The molecule has 2 fully saturated rings. The molecule has 9 nitrogen and oxygen atoms in total. The highest BCUT2D eigenvalue weighted by molar-refractivity contribution is 6.03. The summed E-state index contributed by atoms with van der Waals surface area (Å²) >= 11 is 0. The van der Waals surface area contributed by atoms with Crippen LogP contribution in [0.15, 0.2) is 18.3 Å². The number of likely N-dealkylation sites (tertiary alicyclic amines) is 1. The maximum atomic E-state index is 12.4. The molecule has 2 N–H and O–H groups in total. The van der Waals surface area contributed by atoms with E-state index in [1.165, 1.54) is 13.3 Å². The number of ether oxygens (including phenoxy) is 2. The molecular weight excluding hydrogens is 400 g/mol. The van der Waals surface area contributed by atoms with Crippen LogP contribution in [0, 0.1) is 11.8 Å². The van der Waals surface area contributed by atoms with Crippen molar-refractivity contribution in [1.82, 2.24) is 14.9 Å². The Kier molecular flexibility index (Phi) is 5.36. The SMILES string of the molecule is COc1ccc2c(NC3CC4CN(C(=O)OC(C)(C)C)CC4C3)c(C(=O)O)cnc2n1. The molecule has 2 unspecified atom stereocenters. The number of nitrogens with one attached hydrogen (secondary N) is 1. The van der Waals surface area contributed by atoms with Gasteiger partial charge in [-0.3, -0.25) is 0 Å². The summed E-state index contributed by atoms with van der Waals surface area (Å²) < 4.78 is 10.7. The predicted molar refractivity (Wildman–Crippen MR) is 114 cm³/mol. The summed E-state index contributed by atoms with van der Waals surface area (Å²) in [5.74, 6) is 0.114. The number of anilines is 1. The van der Waals surface area contributed by atoms with Gasteiger partial charge in [-0.05, 0) is 51.5 Å². The number of methoxy groups -OCH3 is 1. The molecule has 1 aliphatic carbocycles. The number of aromatic nitrogens is 2. The number of amides is 1. The average Bonchev–Trinajstić information content (AvgIpc) is 3.25. The highest BCUT2D eigenvalue weighted by Crippen LogP contribution is 2.40. The second kappa shape index (κ2) is 7.86. The third kappa shape index (κ3) is 4.35. The lowest BCUT2D eigenvalue weighted by Crippen LogP contribution is -2.36. The molecule has 9 heteroatoms. The molecule has 2 aliphatic rings. The van der Waals surface area contributed by atoms with Crippen LogP contribution in [0.1, 0.15) is 44.0 Å². The first-order chi connectivity index (χ1) is 14.6. The van der Waals surface area contributed by atoms with E-state index in [1.807, 2.05) is 20.8 Å². The summed E-state index contributed by atoms with van der Waals surface area (Å²) in [4.78, 5) is 34.5. The lowest BCUT2D eigenvalue weighted by molar-refractivity contribution is 0.0279. The summed E-state index contributed by atoms with van der Waals surface area (Å²) in [5, 5.41) is 13.8. The standard InChI is InChI=1S/C22H28N4O5/c1-22(2,3)31-21(29)26-10-12-7-14(8-13(12)11-26)24-18-15-5-6-17(30-4)25-19(15)23-9-16(18)20(27)28/h5-6,9,12-14H,7-8,10-11H2,1-4H3,(H,27,28)(H,23,24,25). The van der Waals surface area contributed by atoms with Crippen LogP contribution in [0.2, 0.25) is 0 Å². The highest BCUT2D eigenvalue weighted by Gasteiger charge is 2.43. The summed E-state index contributed by atoms with van der Waals surface area (Å²) in [6.45, 7) is 6.93. The maximum Gasteiger partial charge on any atom is 0.410 e. The van der Waals surface area contributed by atoms with Gasteiger partial charge < -0.3 is 24.8 Å². The van der Waals surface area contributed by atoms with Crippen molar-refractivity contribution >= 4 is 28.8 Å². The van der Waals surface area contributed by atoms with Gasteiger partial charge in [0.1, 0.15) is 11.2 Å². The molecule has 1 saturated heterocycles. The van der Waals surface area contributed by atoms with E-state index in [0.717, 1.165) is 12.8 Å². The van der Waals surface area contributed by atoms with Crippen LogP contribution < -0.4 is 10.1 Å². The van der Waals surface area contributed by atoms with E-state index in [-0.39, 0.29) is 17.7 Å². The third-order valence-corrected chi connectivity index (χ3v) is 5.89. The van der Waals surface area contributed by atoms with Gasteiger partial charge in [0.2, 0.25) is 5.88 Å². The molecule has 1 aliphatic heterocycles. The molecule has 0 radical (unpaired) electrons. The molecule has 2 aromatic rings. The molecule has 2 aromatic heterocycles. The molecule has 2 atom stereocenters. The molecule has 1 amide bonds. The lowest BCUT2D eigenvalue weighted by atomic mass is 10.0. The van der Waals surface area contributed by atoms with E-state index in [0.29, 0.717) is 47.5 Å². The van der Waals surface area contributed by atoms with Crippen LogP contribution in [0.25, 0.3) is 11.0 Å². The van der Waals surface area contributed by atoms with Crippen molar-refractivity contribution in [3.63, 3.8) is 0 Å². The molecule has 1 saturated carbocycles. The van der Waals surface area contributed by atoms with Crippen molar-refractivity contribution in [3.8, 4) is 5.88 Å². The third-order valence-electron chi connectivity index (χ3n) is 5.89. The van der Waals surface area contributed by atoms with E-state index >= 15 is 0 Å². The smallest absolute Gasteiger partial charge is 0.410 e. The van der Waals surface area contributed by atoms with Crippen LogP contribution in [0.3, 0.4) is 0 Å². The number of carbonyl (C=O) groups is 2. The van der Waals surface area contributed by atoms with E-state index in [2.05, 4.69) is 15.3 Å². The number of carboxylic acids is 1. The fraction of sp³-hybridized carbons (Fsp3) is 0.545. The van der Waals surface area contributed by atoms with Gasteiger partial charge in [-0.1, -0.05) is 0 Å². The van der Waals surface area contributed by atoms with Crippen molar-refractivity contribution < 1.29 is 24.2 Å². The summed E-state index contributed by atoms with van der Waals surface area (Å²) in [5.41, 5.74) is 0.570. The minimum absolute atomic E-state index is 0.113. The largest absolute Gasteiger partial charge is 0.481 e. The number of hydrogen-bond donors (Lipinski definition) is 2. The van der Waals surface area contributed by atoms with Crippen molar-refractivity contribution in [2.75, 3.05) is 25.5 Å². The fourth-order valence-electron chi connectivity index (χ4n) is 4.59. The van der Waals surface area contributed by atoms with Gasteiger partial charge in [0.15, 0.2) is 5.65 Å². The minimum atomic E-state index is -1.04. The Morgan fingerprint density at radius 1 is 1.19 bits per heavy atom. The van der Waals surface area contributed by atoms with Gasteiger partial charge in [0.25, 0.3) is 0 Å². The first kappa shape index (κ1) is 21.1. The molecule has 31 heavy (non-hydrogen) atoms. The molecule has 3 heterocycles. The fourth-order valence-corrected chi connectivity index (χ4v) is 4.59. The van der Waals surface area contributed by atoms with Crippen LogP contribution in [0.4, 0.5) is 10.5 Å². The number of hydrogen-bond acceptors (Lipinski definition) is 7. The van der Waals surface area contributed by atoms with Crippen LogP contribution in [-0.2, 0) is 4.74 Å². The predicted octanol–water partition coefficient (Wildman–Crippen LogP) is 3.39. The zero-order chi connectivity index (χ0) is 22.3. The normalized spacial score (nSPS) is 23.0. The first-order valence-electron chi connectivity index (χ1n) is 10.5. The summed E-state index contributed by atoms with van der Waals surface area (Å²) in [7, 11) is 1.52. The number of nitrogens with zero attached hydrogens (tertiary/aromatic N) is 3. The van der Waals surface area contributed by atoms with Crippen LogP contribution >= 0.6 is 0 Å². The Bertz CT molecular complexity index is 1000. The summed E-state index contributed by atoms with van der Waals surface area (Å²) in [6.07, 6.45) is 2.78. The quantitative estimate of drug-likeness (QED) is 0.762. The van der Waals surface area contributed by atoms with Crippen molar-refractivity contribution in [2.24, 2.45) is 11.8 Å². The van der Waals surface area contributed by atoms with Gasteiger partial charge >= 0.3 is 12.1 Å². The van der Waals surface area contributed by atoms with Gasteiger partial charge in [0.05, 0.1) is 12.8 Å². The number of pyridine rings is 2. The monoisotopic (exact) mass is 428 g/mol. The van der Waals surface area contributed by atoms with Gasteiger partial charge in [0, 0.05) is 36.8 Å². The zero-order valence-corrected chi connectivity index (χ0v) is 18.2. The Morgan fingerprint density at radius 3 is 2.45 bits per heavy atom. The van der Waals surface area contributed by atoms with Gasteiger partial charge in [-0.15, -0.1) is 0 Å². The summed E-state index contributed by atoms with van der Waals surface area (Å²) in [6, 6.07) is 3.59. The average molecular weight is 428 g/mol. The second-order valence-electron chi connectivity index (χ2n) is 9.29. The molecule has 0 spiro atoms. The van der Waals surface area contributed by atoms with Crippen LogP contribution in [-0.4, -0.2) is 63.9 Å². The molecule has 166 valence electrons. The second-order valence-corrected chi connectivity index (χ2v) is 9.29. The van der Waals surface area contributed by atoms with E-state index in [4.69, 9.17) is 9.47 Å². The lowest BCUT2D eigenvalue weighted by Gasteiger charge is -2.25. The topological polar surface area (TPSA) is 114 Å². The molecular formula is C22H28N4O5. The zero-order valence-electron chi connectivity index (χ0n) is 18.2. The Morgan fingerprint density at radius 2 is 1.87 bits per heavy atom. The molecule has 0 aromatic carbocycles. The van der Waals surface area contributed by atoms with E-state index in [1.54, 1.807) is 17.0 Å². The number of rotatable bonds is 4. The minimum Gasteiger partial charge on any atom is -0.481 e. The Balaban J connectivity index is 1.50. The van der Waals surface area contributed by atoms with Gasteiger partial charge in [-0.2, -0.15) is 4.98 Å². The van der Waals surface area contributed by atoms with E-state index in [9.17, 15) is 14.7 Å². The first-order valence-corrected chi connectivity index (χ1v) is 10.5. The van der Waals surface area contributed by atoms with E-state index < -0.39 is 11.6 Å². The van der Waals surface area contributed by atoms with Gasteiger partial charge in [-0.25, -0.2) is 14.6 Å². The van der Waals surface area contributed by atoms with Crippen molar-refractivity contribution in [3.05, 3.63) is 23.9 Å². The Labute approximate surface area is 180 Å². The number of aromatic carboxylic acids is 1. The highest BCUT2D eigenvalue weighted by atomic mass is 16.6. The van der Waals surface area contributed by atoms with Crippen molar-refractivity contribution in [2.45, 2.75) is 45.3 Å². The van der Waals surface area contributed by atoms with Crippen LogP contribution in [0.5, 0.6) is 5.88 Å². The van der Waals surface area contributed by atoms with Crippen molar-refractivity contribution in [1.29, 1.82) is 0 Å². The molecule has 0 bridgehead atoms. The number of carboxylic acid groups (broad SMARTS) is 1. The number of carbonyl (C=O) groups excluding carboxylic acids is 1. The molecule has 4 rings (SSSR count). The Hall–Kier alpha value is -3.10. The number of fused-ring (bicyclic) bond motifs is 2.